The first-order chi connectivity index (χ1) is 11.1. The second-order valence-electron chi connectivity index (χ2n) is 4.58. The summed E-state index contributed by atoms with van der Waals surface area (Å²) in [5, 5.41) is 10.6. The predicted molar refractivity (Wildman–Crippen MR) is 79.9 cm³/mol. The monoisotopic (exact) mass is 337 g/mol. The van der Waals surface area contributed by atoms with E-state index in [-0.39, 0.29) is 12.2 Å². The van der Waals surface area contributed by atoms with Crippen molar-refractivity contribution in [3.8, 4) is 5.75 Å². The van der Waals surface area contributed by atoms with Crippen molar-refractivity contribution in [2.24, 2.45) is 0 Å². The molecular formula is C15H12ClNO6. The standard InChI is InChI=1S/C15H12ClNO6/c16-11-4-6-13(7-5-11)20-9-14-21-17(23-22-14)12-3-1-2-10(8-12)15(18)19/h1-8,14H,9H2,(H,18,19). The van der Waals surface area contributed by atoms with Crippen LogP contribution in [0.4, 0.5) is 5.69 Å². The molecule has 0 radical (unpaired) electrons. The van der Waals surface area contributed by atoms with Crippen LogP contribution in [0, 0.1) is 0 Å². The van der Waals surface area contributed by atoms with E-state index in [9.17, 15) is 4.79 Å². The molecule has 0 spiro atoms. The summed E-state index contributed by atoms with van der Waals surface area (Å²) in [7, 11) is 0. The summed E-state index contributed by atoms with van der Waals surface area (Å²) in [6.45, 7) is 0.0801. The lowest BCUT2D eigenvalue weighted by Crippen LogP contribution is -2.22. The molecule has 0 amide bonds. The molecule has 2 aromatic carbocycles. The van der Waals surface area contributed by atoms with Crippen molar-refractivity contribution < 1.29 is 29.4 Å². The van der Waals surface area contributed by atoms with E-state index < -0.39 is 12.3 Å². The minimum absolute atomic E-state index is 0.0801. The van der Waals surface area contributed by atoms with Crippen LogP contribution < -0.4 is 9.96 Å². The fourth-order valence-electron chi connectivity index (χ4n) is 1.84. The van der Waals surface area contributed by atoms with Crippen LogP contribution in [0.2, 0.25) is 5.02 Å². The van der Waals surface area contributed by atoms with Crippen LogP contribution in [0.15, 0.2) is 48.5 Å². The molecule has 8 heteroatoms. The molecule has 1 unspecified atom stereocenters. The van der Waals surface area contributed by atoms with E-state index in [0.29, 0.717) is 16.5 Å². The molecule has 23 heavy (non-hydrogen) atoms. The Morgan fingerprint density at radius 1 is 1.26 bits per heavy atom. The molecule has 1 aliphatic heterocycles. The van der Waals surface area contributed by atoms with Crippen molar-refractivity contribution in [3.63, 3.8) is 0 Å². The summed E-state index contributed by atoms with van der Waals surface area (Å²) in [6.07, 6.45) is -0.792. The van der Waals surface area contributed by atoms with Gasteiger partial charge in [-0.05, 0) is 42.5 Å². The fraction of sp³-hybridized carbons (Fsp3) is 0.133. The molecule has 1 heterocycles. The highest BCUT2D eigenvalue weighted by Gasteiger charge is 2.28. The Morgan fingerprint density at radius 3 is 2.78 bits per heavy atom. The number of carbonyl (C=O) groups is 1. The molecule has 1 aliphatic rings. The third kappa shape index (κ3) is 3.91. The molecule has 2 aromatic rings. The van der Waals surface area contributed by atoms with Gasteiger partial charge in [-0.1, -0.05) is 27.9 Å². The maximum atomic E-state index is 11.0. The number of aromatic carboxylic acids is 1. The zero-order chi connectivity index (χ0) is 16.2. The van der Waals surface area contributed by atoms with Crippen LogP contribution in [0.25, 0.3) is 0 Å². The van der Waals surface area contributed by atoms with Crippen molar-refractivity contribution in [1.29, 1.82) is 0 Å². The lowest BCUT2D eigenvalue weighted by Gasteiger charge is -2.12. The number of benzene rings is 2. The average molecular weight is 338 g/mol. The van der Waals surface area contributed by atoms with E-state index in [0.717, 1.165) is 5.23 Å². The minimum Gasteiger partial charge on any atom is -0.488 e. The summed E-state index contributed by atoms with van der Waals surface area (Å²) >= 11 is 5.79. The maximum absolute atomic E-state index is 11.0. The van der Waals surface area contributed by atoms with Crippen LogP contribution in [-0.4, -0.2) is 24.0 Å². The largest absolute Gasteiger partial charge is 0.488 e. The van der Waals surface area contributed by atoms with Crippen LogP contribution in [0.1, 0.15) is 10.4 Å². The van der Waals surface area contributed by atoms with Gasteiger partial charge in [-0.15, -0.1) is 0 Å². The highest BCUT2D eigenvalue weighted by molar-refractivity contribution is 6.30. The van der Waals surface area contributed by atoms with Crippen molar-refractivity contribution >= 4 is 23.3 Å². The van der Waals surface area contributed by atoms with Gasteiger partial charge in [0.15, 0.2) is 0 Å². The number of halogens is 1. The highest BCUT2D eigenvalue weighted by atomic mass is 35.5. The smallest absolute Gasteiger partial charge is 0.335 e. The average Bonchev–Trinajstić information content (AvgIpc) is 3.03. The van der Waals surface area contributed by atoms with Gasteiger partial charge in [0.1, 0.15) is 12.4 Å². The van der Waals surface area contributed by atoms with Gasteiger partial charge in [0.2, 0.25) is 0 Å². The summed E-state index contributed by atoms with van der Waals surface area (Å²) in [6, 6.07) is 12.9. The number of carboxylic acid groups (broad SMARTS) is 1. The highest BCUT2D eigenvalue weighted by Crippen LogP contribution is 2.24. The van der Waals surface area contributed by atoms with Crippen molar-refractivity contribution in [2.75, 3.05) is 11.8 Å². The van der Waals surface area contributed by atoms with Gasteiger partial charge in [-0.3, -0.25) is 0 Å². The first-order valence-corrected chi connectivity index (χ1v) is 7.02. The fourth-order valence-corrected chi connectivity index (χ4v) is 1.96. The molecular weight excluding hydrogens is 326 g/mol. The third-order valence-corrected chi connectivity index (χ3v) is 3.19. The normalized spacial score (nSPS) is 17.3. The van der Waals surface area contributed by atoms with Crippen LogP contribution >= 0.6 is 11.6 Å². The van der Waals surface area contributed by atoms with Crippen LogP contribution in [0.5, 0.6) is 5.75 Å². The van der Waals surface area contributed by atoms with Crippen LogP contribution in [-0.2, 0) is 14.7 Å². The molecule has 0 bridgehead atoms. The molecule has 7 nitrogen and oxygen atoms in total. The van der Waals surface area contributed by atoms with E-state index in [1.165, 1.54) is 12.1 Å². The Morgan fingerprint density at radius 2 is 2.04 bits per heavy atom. The van der Waals surface area contributed by atoms with Gasteiger partial charge in [-0.2, -0.15) is 4.89 Å². The predicted octanol–water partition coefficient (Wildman–Crippen LogP) is 3.06. The minimum atomic E-state index is -1.05. The number of anilines is 1. The third-order valence-electron chi connectivity index (χ3n) is 2.94. The second-order valence-corrected chi connectivity index (χ2v) is 5.02. The number of hydrogen-bond acceptors (Lipinski definition) is 6. The van der Waals surface area contributed by atoms with Gasteiger partial charge in [0.25, 0.3) is 6.29 Å². The molecule has 0 aromatic heterocycles. The summed E-state index contributed by atoms with van der Waals surface area (Å²) in [5.74, 6) is -0.442. The topological polar surface area (TPSA) is 77.5 Å². The molecule has 1 saturated heterocycles. The molecule has 0 aliphatic carbocycles. The Bertz CT molecular complexity index is 693. The van der Waals surface area contributed by atoms with Gasteiger partial charge >= 0.3 is 5.97 Å². The molecule has 0 saturated carbocycles. The summed E-state index contributed by atoms with van der Waals surface area (Å²) in [4.78, 5) is 26.2. The number of carboxylic acids is 1. The van der Waals surface area contributed by atoms with E-state index in [1.54, 1.807) is 36.4 Å². The van der Waals surface area contributed by atoms with Gasteiger partial charge in [-0.25, -0.2) is 9.63 Å². The lowest BCUT2D eigenvalue weighted by atomic mass is 10.2. The van der Waals surface area contributed by atoms with Crippen molar-refractivity contribution in [3.05, 3.63) is 59.1 Å². The zero-order valence-corrected chi connectivity index (χ0v) is 12.5. The quantitative estimate of drug-likeness (QED) is 0.840. The zero-order valence-electron chi connectivity index (χ0n) is 11.7. The first kappa shape index (κ1) is 15.6. The maximum Gasteiger partial charge on any atom is 0.335 e. The lowest BCUT2D eigenvalue weighted by molar-refractivity contribution is -0.287. The van der Waals surface area contributed by atoms with E-state index in [4.69, 9.17) is 36.2 Å². The first-order valence-electron chi connectivity index (χ1n) is 6.64. The number of rotatable bonds is 5. The SMILES string of the molecule is O=C(O)c1cccc(N2OOC(COc3ccc(Cl)cc3)O2)c1. The Balaban J connectivity index is 1.57. The summed E-state index contributed by atoms with van der Waals surface area (Å²) < 4.78 is 5.48. The van der Waals surface area contributed by atoms with Gasteiger partial charge in [0, 0.05) is 5.02 Å². The Hall–Kier alpha value is -2.32. The summed E-state index contributed by atoms with van der Waals surface area (Å²) in [5.41, 5.74) is 0.495. The molecule has 1 N–H and O–H groups in total. The molecule has 1 atom stereocenters. The molecule has 3 rings (SSSR count). The number of nitrogens with zero attached hydrogens (tertiary/aromatic N) is 1. The Kier molecular flexibility index (Phi) is 4.63. The Labute approximate surface area is 136 Å². The van der Waals surface area contributed by atoms with E-state index >= 15 is 0 Å². The second kappa shape index (κ2) is 6.84. The molecule has 1 fully saturated rings. The van der Waals surface area contributed by atoms with Gasteiger partial charge in [0.05, 0.1) is 11.3 Å². The van der Waals surface area contributed by atoms with E-state index in [2.05, 4.69) is 0 Å². The number of ether oxygens (including phenoxy) is 1. The molecule has 120 valence electrons. The van der Waals surface area contributed by atoms with E-state index in [1.807, 2.05) is 0 Å². The van der Waals surface area contributed by atoms with Gasteiger partial charge < -0.3 is 9.84 Å². The van der Waals surface area contributed by atoms with Crippen LogP contribution in [0.3, 0.4) is 0 Å². The van der Waals surface area contributed by atoms with Crippen molar-refractivity contribution in [2.45, 2.75) is 6.29 Å². The van der Waals surface area contributed by atoms with Crippen molar-refractivity contribution in [1.82, 2.24) is 0 Å². The number of hydrogen-bond donors (Lipinski definition) is 1.